The molecule has 5 rings (SSSR count). The number of likely N-dealkylation sites (tertiary alicyclic amines) is 1. The average molecular weight is 542 g/mol. The summed E-state index contributed by atoms with van der Waals surface area (Å²) in [6, 6.07) is 29.4. The first-order valence-corrected chi connectivity index (χ1v) is 13.7. The fourth-order valence-corrected chi connectivity index (χ4v) is 5.14. The Labute approximate surface area is 234 Å². The molecule has 0 saturated carbocycles. The molecular weight excluding hydrogens is 506 g/mol. The number of hydrogen-bond donors (Lipinski definition) is 2. The number of aromatic hydroxyl groups is 1. The summed E-state index contributed by atoms with van der Waals surface area (Å²) in [7, 11) is 0. The van der Waals surface area contributed by atoms with Crippen LogP contribution in [0.25, 0.3) is 10.8 Å². The molecule has 1 amide bonds. The lowest BCUT2D eigenvalue weighted by molar-refractivity contribution is -0.0199. The lowest BCUT2D eigenvalue weighted by Gasteiger charge is -2.37. The summed E-state index contributed by atoms with van der Waals surface area (Å²) in [4.78, 5) is 13.1. The SMILES string of the molecule is O=C(O)N1CCC(c2ccc(OCCCOCc3ccccc3)cc2)C(OCc2ccc3cc(O)ccc3c2)C1. The van der Waals surface area contributed by atoms with Gasteiger partial charge in [-0.05, 0) is 64.2 Å². The number of carboxylic acid groups (broad SMARTS) is 1. The largest absolute Gasteiger partial charge is 0.508 e. The number of phenols is 1. The molecule has 7 nitrogen and oxygen atoms in total. The Balaban J connectivity index is 1.15. The Morgan fingerprint density at radius 2 is 1.62 bits per heavy atom. The van der Waals surface area contributed by atoms with Crippen LogP contribution in [0.2, 0.25) is 0 Å². The summed E-state index contributed by atoms with van der Waals surface area (Å²) in [5, 5.41) is 21.3. The van der Waals surface area contributed by atoms with Crippen molar-refractivity contribution in [3.63, 3.8) is 0 Å². The van der Waals surface area contributed by atoms with Gasteiger partial charge in [0, 0.05) is 18.9 Å². The van der Waals surface area contributed by atoms with E-state index in [0.717, 1.165) is 39.6 Å². The van der Waals surface area contributed by atoms with E-state index in [1.807, 2.05) is 54.6 Å². The number of nitrogens with zero attached hydrogens (tertiary/aromatic N) is 1. The van der Waals surface area contributed by atoms with Gasteiger partial charge in [-0.3, -0.25) is 0 Å². The van der Waals surface area contributed by atoms with Crippen molar-refractivity contribution in [2.24, 2.45) is 0 Å². The van der Waals surface area contributed by atoms with Crippen molar-refractivity contribution in [1.82, 2.24) is 4.90 Å². The molecular formula is C33H35NO6. The smallest absolute Gasteiger partial charge is 0.407 e. The first-order valence-electron chi connectivity index (χ1n) is 13.7. The fraction of sp³-hybridized carbons (Fsp3) is 0.303. The van der Waals surface area contributed by atoms with Crippen LogP contribution in [-0.2, 0) is 22.7 Å². The van der Waals surface area contributed by atoms with E-state index in [0.29, 0.717) is 45.9 Å². The Morgan fingerprint density at radius 3 is 2.42 bits per heavy atom. The van der Waals surface area contributed by atoms with Gasteiger partial charge in [0.15, 0.2) is 0 Å². The topological polar surface area (TPSA) is 88.5 Å². The highest BCUT2D eigenvalue weighted by Crippen LogP contribution is 2.32. The summed E-state index contributed by atoms with van der Waals surface area (Å²) in [6.07, 6.45) is 0.295. The van der Waals surface area contributed by atoms with Gasteiger partial charge in [0.1, 0.15) is 11.5 Å². The highest BCUT2D eigenvalue weighted by Gasteiger charge is 2.33. The van der Waals surface area contributed by atoms with Crippen molar-refractivity contribution in [2.75, 3.05) is 26.3 Å². The van der Waals surface area contributed by atoms with Gasteiger partial charge in [0.2, 0.25) is 0 Å². The minimum Gasteiger partial charge on any atom is -0.508 e. The lowest BCUT2D eigenvalue weighted by atomic mass is 9.87. The van der Waals surface area contributed by atoms with Crippen LogP contribution < -0.4 is 4.74 Å². The maximum absolute atomic E-state index is 11.7. The van der Waals surface area contributed by atoms with Gasteiger partial charge >= 0.3 is 6.09 Å². The molecule has 208 valence electrons. The molecule has 0 aliphatic carbocycles. The van der Waals surface area contributed by atoms with Gasteiger partial charge in [-0.1, -0.05) is 60.7 Å². The number of fused-ring (bicyclic) bond motifs is 1. The molecule has 2 N–H and O–H groups in total. The number of ether oxygens (including phenoxy) is 3. The molecule has 1 saturated heterocycles. The number of amides is 1. The van der Waals surface area contributed by atoms with Crippen LogP contribution in [-0.4, -0.2) is 53.6 Å². The summed E-state index contributed by atoms with van der Waals surface area (Å²) < 4.78 is 18.0. The van der Waals surface area contributed by atoms with Crippen LogP contribution in [0.5, 0.6) is 11.5 Å². The number of carbonyl (C=O) groups is 1. The first-order chi connectivity index (χ1) is 19.5. The van der Waals surface area contributed by atoms with E-state index in [2.05, 4.69) is 24.3 Å². The third-order valence-corrected chi connectivity index (χ3v) is 7.30. The molecule has 0 spiro atoms. The molecule has 0 bridgehead atoms. The molecule has 0 radical (unpaired) electrons. The molecule has 40 heavy (non-hydrogen) atoms. The lowest BCUT2D eigenvalue weighted by Crippen LogP contribution is -2.46. The van der Waals surface area contributed by atoms with Gasteiger partial charge in [-0.25, -0.2) is 4.79 Å². The van der Waals surface area contributed by atoms with Crippen molar-refractivity contribution in [3.05, 3.63) is 108 Å². The zero-order valence-electron chi connectivity index (χ0n) is 22.4. The van der Waals surface area contributed by atoms with E-state index in [4.69, 9.17) is 14.2 Å². The molecule has 1 aliphatic rings. The Bertz CT molecular complexity index is 1390. The van der Waals surface area contributed by atoms with Crippen molar-refractivity contribution < 1.29 is 29.2 Å². The molecule has 0 aromatic heterocycles. The van der Waals surface area contributed by atoms with E-state index in [1.54, 1.807) is 12.1 Å². The van der Waals surface area contributed by atoms with Gasteiger partial charge in [-0.15, -0.1) is 0 Å². The van der Waals surface area contributed by atoms with Crippen LogP contribution in [0.3, 0.4) is 0 Å². The van der Waals surface area contributed by atoms with Crippen LogP contribution in [0.1, 0.15) is 35.4 Å². The number of hydrogen-bond acceptors (Lipinski definition) is 5. The van der Waals surface area contributed by atoms with Crippen molar-refractivity contribution in [2.45, 2.75) is 38.1 Å². The van der Waals surface area contributed by atoms with E-state index in [-0.39, 0.29) is 17.8 Å². The van der Waals surface area contributed by atoms with E-state index in [9.17, 15) is 15.0 Å². The van der Waals surface area contributed by atoms with Crippen LogP contribution >= 0.6 is 0 Å². The number of piperidine rings is 1. The van der Waals surface area contributed by atoms with Crippen molar-refractivity contribution in [1.29, 1.82) is 0 Å². The van der Waals surface area contributed by atoms with Crippen LogP contribution in [0.15, 0.2) is 91.0 Å². The second-order valence-corrected chi connectivity index (χ2v) is 10.1. The normalized spacial score (nSPS) is 17.1. The predicted molar refractivity (Wildman–Crippen MR) is 154 cm³/mol. The highest BCUT2D eigenvalue weighted by molar-refractivity contribution is 5.84. The molecule has 7 heteroatoms. The molecule has 1 heterocycles. The Hall–Kier alpha value is -4.07. The Morgan fingerprint density at radius 1 is 0.850 bits per heavy atom. The predicted octanol–water partition coefficient (Wildman–Crippen LogP) is 6.58. The highest BCUT2D eigenvalue weighted by atomic mass is 16.5. The molecule has 2 unspecified atom stereocenters. The first kappa shape index (κ1) is 27.5. The second-order valence-electron chi connectivity index (χ2n) is 10.1. The van der Waals surface area contributed by atoms with Gasteiger partial charge < -0.3 is 29.3 Å². The van der Waals surface area contributed by atoms with E-state index < -0.39 is 6.09 Å². The van der Waals surface area contributed by atoms with Gasteiger partial charge in [0.05, 0.1) is 39.1 Å². The van der Waals surface area contributed by atoms with E-state index in [1.165, 1.54) is 4.90 Å². The summed E-state index contributed by atoms with van der Waals surface area (Å²) in [6.45, 7) is 2.98. The zero-order valence-corrected chi connectivity index (χ0v) is 22.4. The number of benzene rings is 4. The molecule has 4 aromatic carbocycles. The maximum Gasteiger partial charge on any atom is 0.407 e. The molecule has 2 atom stereocenters. The maximum atomic E-state index is 11.7. The minimum absolute atomic E-state index is 0.0773. The average Bonchev–Trinajstić information content (AvgIpc) is 2.98. The molecule has 1 fully saturated rings. The fourth-order valence-electron chi connectivity index (χ4n) is 5.14. The minimum atomic E-state index is -0.922. The summed E-state index contributed by atoms with van der Waals surface area (Å²) in [5.74, 6) is 1.11. The number of phenolic OH excluding ortho intramolecular Hbond substituents is 1. The van der Waals surface area contributed by atoms with Crippen molar-refractivity contribution in [3.8, 4) is 11.5 Å². The third-order valence-electron chi connectivity index (χ3n) is 7.30. The van der Waals surface area contributed by atoms with Crippen LogP contribution in [0.4, 0.5) is 4.79 Å². The third kappa shape index (κ3) is 7.31. The van der Waals surface area contributed by atoms with E-state index >= 15 is 0 Å². The number of rotatable bonds is 11. The second kappa shape index (κ2) is 13.3. The molecule has 1 aliphatic heterocycles. The summed E-state index contributed by atoms with van der Waals surface area (Å²) in [5.41, 5.74) is 3.28. The van der Waals surface area contributed by atoms with Crippen molar-refractivity contribution >= 4 is 16.9 Å². The van der Waals surface area contributed by atoms with Gasteiger partial charge in [-0.2, -0.15) is 0 Å². The standard InChI is InChI=1S/C33H35NO6/c35-29-12-9-27-19-25(7-8-28(27)20-29)23-40-32-21-34(33(36)37)16-15-31(32)26-10-13-30(14-11-26)39-18-4-17-38-22-24-5-2-1-3-6-24/h1-3,5-14,19-20,31-32,35H,4,15-18,21-23H2,(H,36,37). The summed E-state index contributed by atoms with van der Waals surface area (Å²) >= 11 is 0. The quantitative estimate of drug-likeness (QED) is 0.209. The van der Waals surface area contributed by atoms with Crippen LogP contribution in [0, 0.1) is 0 Å². The van der Waals surface area contributed by atoms with Gasteiger partial charge in [0.25, 0.3) is 0 Å². The monoisotopic (exact) mass is 541 g/mol. The molecule has 4 aromatic rings. The Kier molecular flexibility index (Phi) is 9.16. The zero-order chi connectivity index (χ0) is 27.7.